The smallest absolute Gasteiger partial charge is 0.145 e. The average molecular weight is 392 g/mol. The Morgan fingerprint density at radius 3 is 2.96 bits per heavy atom. The normalized spacial score (nSPS) is 19.6. The fraction of sp³-hybridized carbons (Fsp3) is 0.318. The number of nitrogens with zero attached hydrogens (tertiary/aromatic N) is 4. The second kappa shape index (κ2) is 7.06. The van der Waals surface area contributed by atoms with Crippen molar-refractivity contribution in [2.75, 3.05) is 5.73 Å². The molecule has 142 valence electrons. The van der Waals surface area contributed by atoms with Crippen LogP contribution in [0.2, 0.25) is 5.02 Å². The van der Waals surface area contributed by atoms with Gasteiger partial charge in [-0.2, -0.15) is 0 Å². The molecule has 6 heteroatoms. The molecule has 4 aromatic rings. The third-order valence-electron chi connectivity index (χ3n) is 6.00. The van der Waals surface area contributed by atoms with Crippen LogP contribution in [-0.4, -0.2) is 19.5 Å². The Kier molecular flexibility index (Phi) is 4.40. The molecule has 1 fully saturated rings. The van der Waals surface area contributed by atoms with Gasteiger partial charge in [0.1, 0.15) is 17.8 Å². The van der Waals surface area contributed by atoms with Gasteiger partial charge >= 0.3 is 0 Å². The molecule has 0 spiro atoms. The van der Waals surface area contributed by atoms with Crippen molar-refractivity contribution in [3.8, 4) is 0 Å². The summed E-state index contributed by atoms with van der Waals surface area (Å²) in [7, 11) is 0. The van der Waals surface area contributed by atoms with Gasteiger partial charge in [0.2, 0.25) is 0 Å². The second-order valence-corrected chi connectivity index (χ2v) is 8.21. The third-order valence-corrected chi connectivity index (χ3v) is 6.21. The van der Waals surface area contributed by atoms with Crippen LogP contribution in [0.4, 0.5) is 5.82 Å². The first-order valence-electron chi connectivity index (χ1n) is 9.78. The van der Waals surface area contributed by atoms with E-state index in [1.54, 1.807) is 12.5 Å². The Balaban J connectivity index is 1.26. The highest BCUT2D eigenvalue weighted by Crippen LogP contribution is 2.39. The van der Waals surface area contributed by atoms with Gasteiger partial charge in [0.05, 0.1) is 15.9 Å². The fourth-order valence-electron chi connectivity index (χ4n) is 4.51. The summed E-state index contributed by atoms with van der Waals surface area (Å²) in [4.78, 5) is 13.0. The number of pyridine rings is 1. The summed E-state index contributed by atoms with van der Waals surface area (Å²) in [5.74, 6) is 1.29. The molecule has 1 aliphatic rings. The Morgan fingerprint density at radius 1 is 1.11 bits per heavy atom. The van der Waals surface area contributed by atoms with E-state index in [0.29, 0.717) is 16.9 Å². The lowest BCUT2D eigenvalue weighted by Gasteiger charge is -2.14. The van der Waals surface area contributed by atoms with E-state index in [4.69, 9.17) is 17.3 Å². The molecule has 0 radical (unpaired) electrons. The zero-order valence-electron chi connectivity index (χ0n) is 15.6. The number of nitrogen functional groups attached to an aromatic ring is 1. The summed E-state index contributed by atoms with van der Waals surface area (Å²) in [6, 6.07) is 11.0. The van der Waals surface area contributed by atoms with Gasteiger partial charge in [-0.1, -0.05) is 23.7 Å². The van der Waals surface area contributed by atoms with Crippen molar-refractivity contribution in [3.63, 3.8) is 0 Å². The molecule has 3 aromatic heterocycles. The second-order valence-electron chi connectivity index (χ2n) is 7.77. The lowest BCUT2D eigenvalue weighted by Crippen LogP contribution is -2.06. The summed E-state index contributed by atoms with van der Waals surface area (Å²) in [5, 5.41) is 2.73. The lowest BCUT2D eigenvalue weighted by molar-refractivity contribution is 0.461. The van der Waals surface area contributed by atoms with Crippen LogP contribution in [0.25, 0.3) is 21.9 Å². The summed E-state index contributed by atoms with van der Waals surface area (Å²) < 4.78 is 2.29. The van der Waals surface area contributed by atoms with Gasteiger partial charge in [0.25, 0.3) is 0 Å². The average Bonchev–Trinajstić information content (AvgIpc) is 3.33. The minimum atomic E-state index is 0.497. The number of halogens is 1. The van der Waals surface area contributed by atoms with Gasteiger partial charge < -0.3 is 10.3 Å². The monoisotopic (exact) mass is 391 g/mol. The molecular formula is C22H22ClN5. The van der Waals surface area contributed by atoms with Crippen molar-refractivity contribution >= 4 is 39.4 Å². The Morgan fingerprint density at radius 2 is 2.04 bits per heavy atom. The van der Waals surface area contributed by atoms with E-state index in [2.05, 4.69) is 43.9 Å². The molecule has 0 unspecified atom stereocenters. The first kappa shape index (κ1) is 17.4. The fourth-order valence-corrected chi connectivity index (χ4v) is 4.68. The van der Waals surface area contributed by atoms with Gasteiger partial charge in [0.15, 0.2) is 0 Å². The van der Waals surface area contributed by atoms with E-state index in [-0.39, 0.29) is 0 Å². The van der Waals surface area contributed by atoms with Crippen LogP contribution in [0.5, 0.6) is 0 Å². The maximum Gasteiger partial charge on any atom is 0.145 e. The van der Waals surface area contributed by atoms with E-state index in [1.807, 2.05) is 12.1 Å². The summed E-state index contributed by atoms with van der Waals surface area (Å²) in [6.07, 6.45) is 11.3. The lowest BCUT2D eigenvalue weighted by atomic mass is 9.97. The van der Waals surface area contributed by atoms with Gasteiger partial charge in [-0.25, -0.2) is 9.97 Å². The number of fused-ring (bicyclic) bond motifs is 2. The van der Waals surface area contributed by atoms with Crippen LogP contribution in [0.1, 0.15) is 37.3 Å². The molecule has 0 saturated heterocycles. The Hall–Kier alpha value is -2.66. The highest BCUT2D eigenvalue weighted by Gasteiger charge is 2.27. The number of rotatable bonds is 4. The maximum absolute atomic E-state index is 6.03. The molecular weight excluding hydrogens is 370 g/mol. The van der Waals surface area contributed by atoms with Crippen LogP contribution in [0, 0.1) is 5.92 Å². The van der Waals surface area contributed by atoms with Crippen LogP contribution < -0.4 is 5.73 Å². The number of nitrogens with two attached hydrogens (primary N) is 1. The summed E-state index contributed by atoms with van der Waals surface area (Å²) in [5.41, 5.74) is 9.30. The number of aryl methyl sites for hydroxylation is 1. The van der Waals surface area contributed by atoms with E-state index in [1.165, 1.54) is 31.2 Å². The van der Waals surface area contributed by atoms with Crippen molar-refractivity contribution in [1.29, 1.82) is 0 Å². The standard InChI is InChI=1S/C22H22ClN5/c23-17-11-16-5-3-15(10-20(16)25-12-17)2-1-14-4-6-18(9-14)28-8-7-19-21(24)26-13-27-22(19)28/h3,5,7-8,10-14,18H,1-2,4,6,9H2,(H2,24,26,27)/t14-,18+/m1/s1. The van der Waals surface area contributed by atoms with Crippen molar-refractivity contribution < 1.29 is 0 Å². The van der Waals surface area contributed by atoms with Crippen LogP contribution >= 0.6 is 11.6 Å². The Bertz CT molecular complexity index is 1150. The molecule has 0 amide bonds. The van der Waals surface area contributed by atoms with E-state index in [9.17, 15) is 0 Å². The number of benzene rings is 1. The highest BCUT2D eigenvalue weighted by atomic mass is 35.5. The molecule has 0 bridgehead atoms. The molecule has 0 aliphatic heterocycles. The van der Waals surface area contributed by atoms with Crippen LogP contribution in [-0.2, 0) is 6.42 Å². The number of anilines is 1. The van der Waals surface area contributed by atoms with Crippen molar-refractivity contribution in [2.45, 2.75) is 38.1 Å². The first-order chi connectivity index (χ1) is 13.7. The van der Waals surface area contributed by atoms with Gasteiger partial charge in [-0.3, -0.25) is 4.98 Å². The molecule has 2 N–H and O–H groups in total. The zero-order chi connectivity index (χ0) is 19.1. The maximum atomic E-state index is 6.03. The van der Waals surface area contributed by atoms with Gasteiger partial charge in [-0.15, -0.1) is 0 Å². The quantitative estimate of drug-likeness (QED) is 0.519. The molecule has 1 aromatic carbocycles. The van der Waals surface area contributed by atoms with Crippen LogP contribution in [0.3, 0.4) is 0 Å². The molecule has 5 nitrogen and oxygen atoms in total. The minimum absolute atomic E-state index is 0.497. The number of aromatic nitrogens is 4. The molecule has 1 saturated carbocycles. The van der Waals surface area contributed by atoms with E-state index in [0.717, 1.165) is 34.3 Å². The number of hydrogen-bond acceptors (Lipinski definition) is 4. The molecule has 1 aliphatic carbocycles. The van der Waals surface area contributed by atoms with Crippen molar-refractivity contribution in [2.24, 2.45) is 5.92 Å². The highest BCUT2D eigenvalue weighted by molar-refractivity contribution is 6.31. The zero-order valence-corrected chi connectivity index (χ0v) is 16.3. The largest absolute Gasteiger partial charge is 0.383 e. The van der Waals surface area contributed by atoms with Crippen molar-refractivity contribution in [3.05, 3.63) is 59.6 Å². The molecule has 28 heavy (non-hydrogen) atoms. The van der Waals surface area contributed by atoms with Gasteiger partial charge in [0, 0.05) is 23.8 Å². The van der Waals surface area contributed by atoms with E-state index < -0.39 is 0 Å². The first-order valence-corrected chi connectivity index (χ1v) is 10.2. The number of hydrogen-bond donors (Lipinski definition) is 1. The van der Waals surface area contributed by atoms with Crippen LogP contribution in [0.15, 0.2) is 49.1 Å². The van der Waals surface area contributed by atoms with E-state index >= 15 is 0 Å². The van der Waals surface area contributed by atoms with Crippen molar-refractivity contribution in [1.82, 2.24) is 19.5 Å². The molecule has 5 rings (SSSR count). The predicted octanol–water partition coefficient (Wildman–Crippen LogP) is 5.19. The Labute approximate surface area is 168 Å². The minimum Gasteiger partial charge on any atom is -0.383 e. The molecule has 3 heterocycles. The third kappa shape index (κ3) is 3.20. The summed E-state index contributed by atoms with van der Waals surface area (Å²) in [6.45, 7) is 0. The van der Waals surface area contributed by atoms with Gasteiger partial charge in [-0.05, 0) is 61.8 Å². The predicted molar refractivity (Wildman–Crippen MR) is 113 cm³/mol. The molecule has 2 atom stereocenters. The topological polar surface area (TPSA) is 69.6 Å². The summed E-state index contributed by atoms with van der Waals surface area (Å²) >= 11 is 6.03. The SMILES string of the molecule is Nc1ncnc2c1ccn2[C@H]1CC[C@@H](CCc2ccc3cc(Cl)cnc3c2)C1.